The van der Waals surface area contributed by atoms with Gasteiger partial charge in [0.2, 0.25) is 5.91 Å². The largest absolute Gasteiger partial charge is 0.377 e. The Balaban J connectivity index is 1.99. The van der Waals surface area contributed by atoms with E-state index in [4.69, 9.17) is 4.74 Å². The smallest absolute Gasteiger partial charge is 0.227 e. The van der Waals surface area contributed by atoms with Crippen molar-refractivity contribution in [3.8, 4) is 6.07 Å². The molecule has 1 N–H and O–H groups in total. The summed E-state index contributed by atoms with van der Waals surface area (Å²) >= 11 is 0. The number of ether oxygens (including phenoxy) is 1. The van der Waals surface area contributed by atoms with Gasteiger partial charge in [0.05, 0.1) is 18.1 Å². The SMILES string of the molecule is CCC1OCCC1C(=O)NC1(C#N)CCCC1. The lowest BCUT2D eigenvalue weighted by atomic mass is 9.94. The van der Waals surface area contributed by atoms with Gasteiger partial charge in [0.1, 0.15) is 5.54 Å². The van der Waals surface area contributed by atoms with Crippen molar-refractivity contribution >= 4 is 5.91 Å². The lowest BCUT2D eigenvalue weighted by Gasteiger charge is -2.25. The van der Waals surface area contributed by atoms with E-state index in [1.54, 1.807) is 0 Å². The van der Waals surface area contributed by atoms with Gasteiger partial charge in [-0.3, -0.25) is 4.79 Å². The van der Waals surface area contributed by atoms with Gasteiger partial charge in [-0.05, 0) is 38.5 Å². The van der Waals surface area contributed by atoms with Crippen LogP contribution in [-0.4, -0.2) is 24.2 Å². The summed E-state index contributed by atoms with van der Waals surface area (Å²) in [7, 11) is 0. The van der Waals surface area contributed by atoms with Crippen LogP contribution in [0.2, 0.25) is 0 Å². The van der Waals surface area contributed by atoms with E-state index in [9.17, 15) is 10.1 Å². The highest BCUT2D eigenvalue weighted by Crippen LogP contribution is 2.31. The first kappa shape index (κ1) is 12.4. The average molecular weight is 236 g/mol. The first-order valence-corrected chi connectivity index (χ1v) is 6.55. The molecule has 2 rings (SSSR count). The topological polar surface area (TPSA) is 62.1 Å². The van der Waals surface area contributed by atoms with Crippen LogP contribution in [0.5, 0.6) is 0 Å². The molecule has 2 fully saturated rings. The maximum Gasteiger partial charge on any atom is 0.227 e. The minimum Gasteiger partial charge on any atom is -0.377 e. The average Bonchev–Trinajstić information content (AvgIpc) is 2.97. The molecule has 4 nitrogen and oxygen atoms in total. The summed E-state index contributed by atoms with van der Waals surface area (Å²) in [6.45, 7) is 2.70. The molecule has 2 atom stereocenters. The molecule has 0 spiro atoms. The van der Waals surface area contributed by atoms with Crippen LogP contribution in [0.15, 0.2) is 0 Å². The normalized spacial score (nSPS) is 31.1. The van der Waals surface area contributed by atoms with Crippen LogP contribution in [0.1, 0.15) is 45.4 Å². The molecule has 4 heteroatoms. The molecule has 0 radical (unpaired) electrons. The Morgan fingerprint density at radius 1 is 1.53 bits per heavy atom. The highest BCUT2D eigenvalue weighted by molar-refractivity contribution is 5.80. The second-order valence-electron chi connectivity index (χ2n) is 5.10. The van der Waals surface area contributed by atoms with Gasteiger partial charge in [0.25, 0.3) is 0 Å². The fourth-order valence-electron chi connectivity index (χ4n) is 2.92. The molecule has 2 unspecified atom stereocenters. The maximum absolute atomic E-state index is 12.2. The fraction of sp³-hybridized carbons (Fsp3) is 0.846. The molecule has 1 amide bonds. The van der Waals surface area contributed by atoms with E-state index in [0.29, 0.717) is 6.61 Å². The number of carbonyl (C=O) groups excluding carboxylic acids is 1. The van der Waals surface area contributed by atoms with Crippen LogP contribution in [0.4, 0.5) is 0 Å². The Labute approximate surface area is 102 Å². The molecule has 1 heterocycles. The molecule has 0 aromatic rings. The van der Waals surface area contributed by atoms with Crippen LogP contribution < -0.4 is 5.32 Å². The predicted octanol–water partition coefficient (Wildman–Crippen LogP) is 1.75. The summed E-state index contributed by atoms with van der Waals surface area (Å²) < 4.78 is 5.52. The fourth-order valence-corrected chi connectivity index (χ4v) is 2.92. The summed E-state index contributed by atoms with van der Waals surface area (Å²) in [6.07, 6.45) is 5.33. The van der Waals surface area contributed by atoms with Crippen molar-refractivity contribution < 1.29 is 9.53 Å². The number of amides is 1. The first-order chi connectivity index (χ1) is 8.21. The van der Waals surface area contributed by atoms with E-state index in [1.165, 1.54) is 0 Å². The van der Waals surface area contributed by atoms with Crippen LogP contribution in [0.25, 0.3) is 0 Å². The van der Waals surface area contributed by atoms with Crippen molar-refractivity contribution in [2.24, 2.45) is 5.92 Å². The zero-order valence-electron chi connectivity index (χ0n) is 10.4. The molecule has 94 valence electrons. The molecule has 1 saturated heterocycles. The van der Waals surface area contributed by atoms with Crippen molar-refractivity contribution in [2.45, 2.75) is 57.1 Å². The number of nitriles is 1. The summed E-state index contributed by atoms with van der Waals surface area (Å²) in [6, 6.07) is 2.29. The molecule has 17 heavy (non-hydrogen) atoms. The number of hydrogen-bond donors (Lipinski definition) is 1. The number of carbonyl (C=O) groups is 1. The molecule has 1 aliphatic carbocycles. The van der Waals surface area contributed by atoms with Gasteiger partial charge in [-0.2, -0.15) is 5.26 Å². The first-order valence-electron chi connectivity index (χ1n) is 6.55. The van der Waals surface area contributed by atoms with E-state index in [0.717, 1.165) is 38.5 Å². The minimum absolute atomic E-state index is 0.0119. The highest BCUT2D eigenvalue weighted by Gasteiger charge is 2.40. The van der Waals surface area contributed by atoms with Crippen molar-refractivity contribution in [1.29, 1.82) is 5.26 Å². The van der Waals surface area contributed by atoms with E-state index in [-0.39, 0.29) is 17.9 Å². The lowest BCUT2D eigenvalue weighted by Crippen LogP contribution is -2.48. The molecule has 2 aliphatic rings. The van der Waals surface area contributed by atoms with E-state index in [2.05, 4.69) is 11.4 Å². The Bertz CT molecular complexity index is 329. The number of rotatable bonds is 3. The van der Waals surface area contributed by atoms with Crippen LogP contribution >= 0.6 is 0 Å². The minimum atomic E-state index is -0.599. The van der Waals surface area contributed by atoms with Gasteiger partial charge >= 0.3 is 0 Å². The number of nitrogens with one attached hydrogen (secondary N) is 1. The highest BCUT2D eigenvalue weighted by atomic mass is 16.5. The van der Waals surface area contributed by atoms with Crippen LogP contribution in [0, 0.1) is 17.2 Å². The van der Waals surface area contributed by atoms with Crippen LogP contribution in [0.3, 0.4) is 0 Å². The van der Waals surface area contributed by atoms with Gasteiger partial charge in [-0.1, -0.05) is 6.92 Å². The lowest BCUT2D eigenvalue weighted by molar-refractivity contribution is -0.128. The van der Waals surface area contributed by atoms with E-state index >= 15 is 0 Å². The molecule has 0 aromatic carbocycles. The molecule has 0 bridgehead atoms. The van der Waals surface area contributed by atoms with Gasteiger partial charge < -0.3 is 10.1 Å². The molecular formula is C13H20N2O2. The quantitative estimate of drug-likeness (QED) is 0.812. The van der Waals surface area contributed by atoms with Gasteiger partial charge in [-0.15, -0.1) is 0 Å². The van der Waals surface area contributed by atoms with Gasteiger partial charge in [0, 0.05) is 6.61 Å². The Morgan fingerprint density at radius 3 is 2.82 bits per heavy atom. The maximum atomic E-state index is 12.2. The second kappa shape index (κ2) is 5.05. The van der Waals surface area contributed by atoms with E-state index in [1.807, 2.05) is 6.92 Å². The van der Waals surface area contributed by atoms with Crippen molar-refractivity contribution in [3.63, 3.8) is 0 Å². The summed E-state index contributed by atoms with van der Waals surface area (Å²) in [5.74, 6) is -0.0522. The molecule has 1 aliphatic heterocycles. The van der Waals surface area contributed by atoms with E-state index < -0.39 is 5.54 Å². The molecule has 1 saturated carbocycles. The number of hydrogen-bond acceptors (Lipinski definition) is 3. The van der Waals surface area contributed by atoms with Crippen molar-refractivity contribution in [1.82, 2.24) is 5.32 Å². The third-order valence-corrected chi connectivity index (χ3v) is 3.98. The summed E-state index contributed by atoms with van der Waals surface area (Å²) in [5, 5.41) is 12.2. The third-order valence-electron chi connectivity index (χ3n) is 3.98. The second-order valence-corrected chi connectivity index (χ2v) is 5.10. The number of nitrogens with zero attached hydrogens (tertiary/aromatic N) is 1. The molecule has 0 aromatic heterocycles. The zero-order chi connectivity index (χ0) is 12.3. The monoisotopic (exact) mass is 236 g/mol. The summed E-state index contributed by atoms with van der Waals surface area (Å²) in [4.78, 5) is 12.2. The van der Waals surface area contributed by atoms with Crippen molar-refractivity contribution in [2.75, 3.05) is 6.61 Å². The van der Waals surface area contributed by atoms with Crippen molar-refractivity contribution in [3.05, 3.63) is 0 Å². The Morgan fingerprint density at radius 2 is 2.24 bits per heavy atom. The Hall–Kier alpha value is -1.08. The Kier molecular flexibility index (Phi) is 3.68. The van der Waals surface area contributed by atoms with Gasteiger partial charge in [0.15, 0.2) is 0 Å². The zero-order valence-corrected chi connectivity index (χ0v) is 10.4. The summed E-state index contributed by atoms with van der Waals surface area (Å²) in [5.41, 5.74) is -0.599. The third kappa shape index (κ3) is 2.44. The molecular weight excluding hydrogens is 216 g/mol. The standard InChI is InChI=1S/C13H20N2O2/c1-2-11-10(5-8-17-11)12(16)15-13(9-14)6-3-4-7-13/h10-11H,2-8H2,1H3,(H,15,16). The van der Waals surface area contributed by atoms with Gasteiger partial charge in [-0.25, -0.2) is 0 Å². The predicted molar refractivity (Wildman–Crippen MR) is 63.1 cm³/mol. The van der Waals surface area contributed by atoms with Crippen LogP contribution in [-0.2, 0) is 9.53 Å².